The first-order valence-corrected chi connectivity index (χ1v) is 14.7. The third-order valence-electron chi connectivity index (χ3n) is 8.23. The zero-order valence-corrected chi connectivity index (χ0v) is 25.1. The van der Waals surface area contributed by atoms with Crippen LogP contribution in [0.4, 0.5) is 13.2 Å². The molecule has 1 N–H and O–H groups in total. The molecule has 1 atom stereocenters. The van der Waals surface area contributed by atoms with Crippen molar-refractivity contribution in [3.63, 3.8) is 0 Å². The van der Waals surface area contributed by atoms with Gasteiger partial charge in [0.2, 0.25) is 17.6 Å². The van der Waals surface area contributed by atoms with Gasteiger partial charge in [0, 0.05) is 50.4 Å². The van der Waals surface area contributed by atoms with Crippen molar-refractivity contribution in [3.8, 4) is 17.1 Å². The van der Waals surface area contributed by atoms with Crippen LogP contribution in [0.2, 0.25) is 0 Å². The van der Waals surface area contributed by atoms with Gasteiger partial charge in [0.05, 0.1) is 47.3 Å². The number of H-pyrrole nitrogens is 1. The summed E-state index contributed by atoms with van der Waals surface area (Å²) in [7, 11) is 3.39. The lowest BCUT2D eigenvalue weighted by atomic mass is 10.1. The molecule has 0 saturated carbocycles. The number of amides is 1. The molecule has 0 bridgehead atoms. The number of methoxy groups -OCH3 is 1. The van der Waals surface area contributed by atoms with E-state index in [-0.39, 0.29) is 17.6 Å². The monoisotopic (exact) mass is 629 g/mol. The van der Waals surface area contributed by atoms with Crippen molar-refractivity contribution in [1.82, 2.24) is 44.1 Å². The Hall–Kier alpha value is -5.24. The lowest BCUT2D eigenvalue weighted by Crippen LogP contribution is -2.51. The highest BCUT2D eigenvalue weighted by Gasteiger charge is 2.40. The Labute approximate surface area is 261 Å². The molecule has 4 aromatic heterocycles. The first-order valence-electron chi connectivity index (χ1n) is 14.7. The van der Waals surface area contributed by atoms with Crippen LogP contribution in [0.25, 0.3) is 33.2 Å². The van der Waals surface area contributed by atoms with Gasteiger partial charge >= 0.3 is 6.18 Å². The number of rotatable bonds is 7. The van der Waals surface area contributed by atoms with Gasteiger partial charge in [0.15, 0.2) is 0 Å². The van der Waals surface area contributed by atoms with Crippen molar-refractivity contribution in [2.75, 3.05) is 26.7 Å². The number of ether oxygens (including phenoxy) is 1. The van der Waals surface area contributed by atoms with E-state index in [9.17, 15) is 18.0 Å². The Kier molecular flexibility index (Phi) is 7.43. The van der Waals surface area contributed by atoms with Gasteiger partial charge in [-0.2, -0.15) is 18.3 Å². The summed E-state index contributed by atoms with van der Waals surface area (Å²) >= 11 is 0. The number of para-hydroxylation sites is 3. The molecular formula is C32H30F3N9O2. The Morgan fingerprint density at radius 1 is 1.04 bits per heavy atom. The van der Waals surface area contributed by atoms with Crippen LogP contribution in [0, 0.1) is 0 Å². The average molecular weight is 630 g/mol. The first-order chi connectivity index (χ1) is 22.2. The summed E-state index contributed by atoms with van der Waals surface area (Å²) in [6, 6.07) is 15.4. The summed E-state index contributed by atoms with van der Waals surface area (Å²) in [4.78, 5) is 34.3. The van der Waals surface area contributed by atoms with Gasteiger partial charge in [-0.3, -0.25) is 14.4 Å². The molecule has 1 saturated heterocycles. The molecule has 1 aliphatic rings. The van der Waals surface area contributed by atoms with Crippen LogP contribution < -0.4 is 4.74 Å². The zero-order valence-electron chi connectivity index (χ0n) is 25.1. The maximum absolute atomic E-state index is 14.1. The number of imidazole rings is 2. The number of hydrogen-bond acceptors (Lipinski definition) is 7. The molecule has 7 rings (SSSR count). The number of hydrogen-bond donors (Lipinski definition) is 1. The van der Waals surface area contributed by atoms with E-state index in [1.165, 1.54) is 12.1 Å². The lowest BCUT2D eigenvalue weighted by Gasteiger charge is -2.40. The molecule has 0 aliphatic carbocycles. The molecule has 11 nitrogen and oxygen atoms in total. The van der Waals surface area contributed by atoms with Crippen LogP contribution in [-0.2, 0) is 31.1 Å². The summed E-state index contributed by atoms with van der Waals surface area (Å²) in [6.45, 7) is 1.27. The van der Waals surface area contributed by atoms with Crippen molar-refractivity contribution in [1.29, 1.82) is 0 Å². The number of halogens is 3. The summed E-state index contributed by atoms with van der Waals surface area (Å²) in [5.74, 6) is -0.663. The maximum atomic E-state index is 14.1. The second-order valence-electron chi connectivity index (χ2n) is 11.3. The molecule has 1 aliphatic heterocycles. The third-order valence-corrected chi connectivity index (χ3v) is 8.23. The molecule has 1 fully saturated rings. The quantitative estimate of drug-likeness (QED) is 0.270. The van der Waals surface area contributed by atoms with E-state index in [0.717, 1.165) is 21.0 Å². The molecular weight excluding hydrogens is 599 g/mol. The second kappa shape index (κ2) is 11.6. The predicted octanol–water partition coefficient (Wildman–Crippen LogP) is 4.82. The van der Waals surface area contributed by atoms with E-state index in [1.807, 2.05) is 43.6 Å². The molecule has 236 valence electrons. The van der Waals surface area contributed by atoms with Gasteiger partial charge in [0.1, 0.15) is 18.4 Å². The minimum Gasteiger partial charge on any atom is -0.480 e. The van der Waals surface area contributed by atoms with E-state index in [2.05, 4.69) is 29.9 Å². The largest absolute Gasteiger partial charge is 0.480 e. The fraction of sp³-hybridized carbons (Fsp3) is 0.281. The van der Waals surface area contributed by atoms with E-state index in [1.54, 1.807) is 41.2 Å². The number of fused-ring (bicyclic) bond motifs is 2. The van der Waals surface area contributed by atoms with Crippen LogP contribution in [0.5, 0.6) is 5.88 Å². The molecule has 5 heterocycles. The molecule has 14 heteroatoms. The Balaban J connectivity index is 1.23. The number of alkyl halides is 3. The fourth-order valence-corrected chi connectivity index (χ4v) is 6.10. The van der Waals surface area contributed by atoms with Gasteiger partial charge in [-0.1, -0.05) is 30.3 Å². The van der Waals surface area contributed by atoms with Gasteiger partial charge < -0.3 is 19.2 Å². The minimum absolute atomic E-state index is 0.175. The number of pyridine rings is 1. The highest BCUT2D eigenvalue weighted by molar-refractivity contribution is 5.85. The van der Waals surface area contributed by atoms with Crippen molar-refractivity contribution in [3.05, 3.63) is 90.4 Å². The Morgan fingerprint density at radius 3 is 2.59 bits per heavy atom. The van der Waals surface area contributed by atoms with Crippen molar-refractivity contribution in [2.24, 2.45) is 7.05 Å². The number of piperazine rings is 1. The van der Waals surface area contributed by atoms with Crippen molar-refractivity contribution >= 4 is 27.8 Å². The number of benzene rings is 2. The predicted molar refractivity (Wildman–Crippen MR) is 164 cm³/mol. The van der Waals surface area contributed by atoms with Gasteiger partial charge in [-0.25, -0.2) is 15.0 Å². The fourth-order valence-electron chi connectivity index (χ4n) is 6.10. The van der Waals surface area contributed by atoms with Crippen LogP contribution in [0.3, 0.4) is 0 Å². The number of nitrogens with one attached hydrogen (secondary N) is 1. The molecule has 1 amide bonds. The number of nitrogens with zero attached hydrogens (tertiary/aromatic N) is 8. The minimum atomic E-state index is -4.73. The SMILES string of the molecule is COc1nc2ccccc2cc1-c1cnc([C@@H]2CN(Cc3cnn(C)c3)CCN2C(=O)Cn2c(C(F)(F)F)nc3ccccc32)[nH]1. The molecule has 46 heavy (non-hydrogen) atoms. The number of aromatic amines is 1. The van der Waals surface area contributed by atoms with Gasteiger partial charge in [0.25, 0.3) is 0 Å². The number of carbonyl (C=O) groups excluding carboxylic acids is 1. The second-order valence-corrected chi connectivity index (χ2v) is 11.3. The molecule has 6 aromatic rings. The zero-order chi connectivity index (χ0) is 32.0. The molecule has 0 unspecified atom stereocenters. The van der Waals surface area contributed by atoms with Crippen molar-refractivity contribution < 1.29 is 22.7 Å². The average Bonchev–Trinajstić information content (AvgIpc) is 3.79. The lowest BCUT2D eigenvalue weighted by molar-refractivity contribution is -0.148. The first kappa shape index (κ1) is 29.5. The third kappa shape index (κ3) is 5.55. The Morgan fingerprint density at radius 2 is 1.83 bits per heavy atom. The van der Waals surface area contributed by atoms with Gasteiger partial charge in [-0.15, -0.1) is 0 Å². The van der Waals surface area contributed by atoms with E-state index < -0.39 is 30.5 Å². The number of aromatic nitrogens is 7. The van der Waals surface area contributed by atoms with Crippen LogP contribution in [-0.4, -0.2) is 76.7 Å². The van der Waals surface area contributed by atoms with Crippen LogP contribution in [0.15, 0.2) is 73.2 Å². The van der Waals surface area contributed by atoms with Crippen LogP contribution in [0.1, 0.15) is 23.3 Å². The van der Waals surface area contributed by atoms with Gasteiger partial charge in [-0.05, 0) is 24.3 Å². The van der Waals surface area contributed by atoms with E-state index in [0.29, 0.717) is 42.6 Å². The van der Waals surface area contributed by atoms with E-state index in [4.69, 9.17) is 4.74 Å². The van der Waals surface area contributed by atoms with Crippen LogP contribution >= 0.6 is 0 Å². The maximum Gasteiger partial charge on any atom is 0.449 e. The molecule has 0 spiro atoms. The smallest absolute Gasteiger partial charge is 0.449 e. The standard InChI is InChI=1S/C32H30F3N9O2/c1-41-16-20(14-37-41)17-42-11-12-43(28(45)19-44-26-10-6-5-9-24(26)40-31(44)32(33,34)35)27(18-42)29-36-15-25(38-29)22-13-21-7-3-4-8-23(21)39-30(22)46-2/h3-10,13-16,27H,11-12,17-19H2,1-2H3,(H,36,38)/t27-/m0/s1. The van der Waals surface area contributed by atoms with E-state index >= 15 is 0 Å². The highest BCUT2D eigenvalue weighted by atomic mass is 19.4. The molecule has 0 radical (unpaired) electrons. The number of carbonyl (C=O) groups is 1. The highest BCUT2D eigenvalue weighted by Crippen LogP contribution is 2.34. The van der Waals surface area contributed by atoms with Crippen molar-refractivity contribution in [2.45, 2.75) is 25.3 Å². The summed E-state index contributed by atoms with van der Waals surface area (Å²) < 4.78 is 50.4. The molecule has 2 aromatic carbocycles. The summed E-state index contributed by atoms with van der Waals surface area (Å²) in [6.07, 6.45) is 0.653. The summed E-state index contributed by atoms with van der Waals surface area (Å²) in [5, 5.41) is 5.18. The topological polar surface area (TPSA) is 110 Å². The summed E-state index contributed by atoms with van der Waals surface area (Å²) in [5.41, 5.74) is 3.54. The normalized spacial score (nSPS) is 16.0. The number of aryl methyl sites for hydroxylation is 1. The Bertz CT molecular complexity index is 2050.